The number of hydrogen-bond donors (Lipinski definition) is 1. The van der Waals surface area contributed by atoms with Crippen molar-refractivity contribution in [2.24, 2.45) is 0 Å². The fourth-order valence-corrected chi connectivity index (χ4v) is 4.32. The van der Waals surface area contributed by atoms with Crippen LogP contribution in [0.3, 0.4) is 0 Å². The van der Waals surface area contributed by atoms with Crippen LogP contribution >= 0.6 is 12.4 Å². The predicted molar refractivity (Wildman–Crippen MR) is 85.2 cm³/mol. The van der Waals surface area contributed by atoms with Gasteiger partial charge < -0.3 is 5.32 Å². The van der Waals surface area contributed by atoms with E-state index in [2.05, 4.69) is 10.3 Å². The van der Waals surface area contributed by atoms with Crippen LogP contribution in [0.1, 0.15) is 6.42 Å². The normalized spacial score (nSPS) is 19.6. The maximum Gasteiger partial charge on any atom is 0.243 e. The fourth-order valence-electron chi connectivity index (χ4n) is 2.62. The van der Waals surface area contributed by atoms with Gasteiger partial charge in [0.15, 0.2) is 0 Å². The first kappa shape index (κ1) is 16.2. The molecule has 2 heterocycles. The van der Waals surface area contributed by atoms with E-state index in [1.807, 2.05) is 13.1 Å². The Bertz CT molecular complexity index is 731. The van der Waals surface area contributed by atoms with Gasteiger partial charge in [-0.25, -0.2) is 8.42 Å². The van der Waals surface area contributed by atoms with Crippen LogP contribution in [0.2, 0.25) is 0 Å². The Hall–Kier alpha value is -1.21. The molecule has 0 bridgehead atoms. The zero-order valence-electron chi connectivity index (χ0n) is 11.7. The second-order valence-corrected chi connectivity index (χ2v) is 6.87. The molecular formula is C14H18ClN3O2S. The molecule has 0 spiro atoms. The number of pyridine rings is 1. The Morgan fingerprint density at radius 1 is 1.29 bits per heavy atom. The minimum atomic E-state index is -3.45. The molecule has 1 aromatic carbocycles. The first-order valence-corrected chi connectivity index (χ1v) is 8.08. The minimum absolute atomic E-state index is 0. The van der Waals surface area contributed by atoms with Gasteiger partial charge in [0.05, 0.1) is 10.4 Å². The van der Waals surface area contributed by atoms with Gasteiger partial charge in [0, 0.05) is 30.7 Å². The number of likely N-dealkylation sites (N-methyl/N-ethyl adjacent to an activating group) is 1. The van der Waals surface area contributed by atoms with Gasteiger partial charge in [-0.3, -0.25) is 4.98 Å². The number of aromatic nitrogens is 1. The maximum atomic E-state index is 12.8. The molecule has 7 heteroatoms. The van der Waals surface area contributed by atoms with E-state index in [9.17, 15) is 8.42 Å². The van der Waals surface area contributed by atoms with Crippen LogP contribution in [-0.2, 0) is 10.0 Å². The molecule has 114 valence electrons. The smallest absolute Gasteiger partial charge is 0.243 e. The molecule has 21 heavy (non-hydrogen) atoms. The van der Waals surface area contributed by atoms with E-state index in [4.69, 9.17) is 0 Å². The van der Waals surface area contributed by atoms with Crippen molar-refractivity contribution in [1.29, 1.82) is 0 Å². The van der Waals surface area contributed by atoms with E-state index in [1.54, 1.807) is 34.8 Å². The van der Waals surface area contributed by atoms with E-state index in [0.29, 0.717) is 28.9 Å². The molecule has 0 amide bonds. The Morgan fingerprint density at radius 3 is 2.81 bits per heavy atom. The number of sulfonamides is 1. The highest BCUT2D eigenvalue weighted by Gasteiger charge is 2.32. The summed E-state index contributed by atoms with van der Waals surface area (Å²) >= 11 is 0. The zero-order valence-corrected chi connectivity index (χ0v) is 13.3. The van der Waals surface area contributed by atoms with Gasteiger partial charge in [0.1, 0.15) is 0 Å². The SMILES string of the molecule is CNC1CCN(S(=O)(=O)c2cccc3ncccc23)C1.Cl. The average molecular weight is 328 g/mol. The van der Waals surface area contributed by atoms with Gasteiger partial charge >= 0.3 is 0 Å². The van der Waals surface area contributed by atoms with Gasteiger partial charge in [0.25, 0.3) is 0 Å². The summed E-state index contributed by atoms with van der Waals surface area (Å²) in [6.45, 7) is 1.08. The number of hydrogen-bond acceptors (Lipinski definition) is 4. The van der Waals surface area contributed by atoms with Crippen molar-refractivity contribution >= 4 is 33.3 Å². The Balaban J connectivity index is 0.00000161. The molecule has 1 atom stereocenters. The molecule has 1 aliphatic rings. The first-order chi connectivity index (χ1) is 9.63. The highest BCUT2D eigenvalue weighted by atomic mass is 35.5. The van der Waals surface area contributed by atoms with Crippen molar-refractivity contribution in [3.05, 3.63) is 36.5 Å². The van der Waals surface area contributed by atoms with Crippen molar-refractivity contribution in [2.75, 3.05) is 20.1 Å². The molecule has 1 fully saturated rings. The third-order valence-corrected chi connectivity index (χ3v) is 5.71. The maximum absolute atomic E-state index is 12.8. The number of benzene rings is 1. The van der Waals surface area contributed by atoms with E-state index in [1.165, 1.54) is 0 Å². The van der Waals surface area contributed by atoms with Gasteiger partial charge in [-0.05, 0) is 37.7 Å². The van der Waals surface area contributed by atoms with Crippen LogP contribution in [-0.4, -0.2) is 43.9 Å². The number of nitrogens with zero attached hydrogens (tertiary/aromatic N) is 2. The Labute approximate surface area is 130 Å². The van der Waals surface area contributed by atoms with Gasteiger partial charge in [-0.1, -0.05) is 6.07 Å². The first-order valence-electron chi connectivity index (χ1n) is 6.64. The minimum Gasteiger partial charge on any atom is -0.316 e. The summed E-state index contributed by atoms with van der Waals surface area (Å²) in [7, 11) is -1.59. The average Bonchev–Trinajstić information content (AvgIpc) is 2.96. The Kier molecular flexibility index (Phi) is 4.83. The topological polar surface area (TPSA) is 62.3 Å². The summed E-state index contributed by atoms with van der Waals surface area (Å²) < 4.78 is 27.1. The summed E-state index contributed by atoms with van der Waals surface area (Å²) in [5.74, 6) is 0. The van der Waals surface area contributed by atoms with E-state index in [0.717, 1.165) is 6.42 Å². The molecule has 3 rings (SSSR count). The number of rotatable bonds is 3. The third kappa shape index (κ3) is 2.89. The van der Waals surface area contributed by atoms with Crippen molar-refractivity contribution in [3.8, 4) is 0 Å². The van der Waals surface area contributed by atoms with E-state index < -0.39 is 10.0 Å². The van der Waals surface area contributed by atoms with Gasteiger partial charge in [-0.15, -0.1) is 12.4 Å². The second-order valence-electron chi connectivity index (χ2n) is 4.96. The molecule has 1 N–H and O–H groups in total. The molecule has 5 nitrogen and oxygen atoms in total. The molecule has 0 saturated carbocycles. The predicted octanol–water partition coefficient (Wildman–Crippen LogP) is 1.64. The standard InChI is InChI=1S/C14H17N3O2S.ClH/c1-15-11-7-9-17(10-11)20(18,19)14-6-2-5-13-12(14)4-3-8-16-13;/h2-6,8,11,15H,7,9-10H2,1H3;1H. The van der Waals surface area contributed by atoms with E-state index in [-0.39, 0.29) is 18.4 Å². The van der Waals surface area contributed by atoms with Crippen LogP contribution < -0.4 is 5.32 Å². The lowest BCUT2D eigenvalue weighted by Gasteiger charge is -2.17. The summed E-state index contributed by atoms with van der Waals surface area (Å²) in [6.07, 6.45) is 2.52. The number of halogens is 1. The van der Waals surface area contributed by atoms with Crippen LogP contribution in [0.25, 0.3) is 10.9 Å². The highest BCUT2D eigenvalue weighted by molar-refractivity contribution is 7.89. The largest absolute Gasteiger partial charge is 0.316 e. The zero-order chi connectivity index (χ0) is 14.2. The lowest BCUT2D eigenvalue weighted by Crippen LogP contribution is -2.33. The number of fused-ring (bicyclic) bond motifs is 1. The Morgan fingerprint density at radius 2 is 2.10 bits per heavy atom. The number of nitrogens with one attached hydrogen (secondary N) is 1. The van der Waals surface area contributed by atoms with Crippen LogP contribution in [0.15, 0.2) is 41.4 Å². The van der Waals surface area contributed by atoms with Crippen LogP contribution in [0, 0.1) is 0 Å². The van der Waals surface area contributed by atoms with E-state index >= 15 is 0 Å². The van der Waals surface area contributed by atoms with Crippen molar-refractivity contribution in [1.82, 2.24) is 14.6 Å². The molecule has 1 unspecified atom stereocenters. The molecule has 1 aromatic heterocycles. The molecular weight excluding hydrogens is 310 g/mol. The summed E-state index contributed by atoms with van der Waals surface area (Å²) in [5, 5.41) is 3.82. The molecule has 0 aliphatic carbocycles. The van der Waals surface area contributed by atoms with Gasteiger partial charge in [-0.2, -0.15) is 4.31 Å². The quantitative estimate of drug-likeness (QED) is 0.931. The molecule has 2 aromatic rings. The lowest BCUT2D eigenvalue weighted by atomic mass is 10.2. The van der Waals surface area contributed by atoms with Crippen molar-refractivity contribution in [2.45, 2.75) is 17.4 Å². The second kappa shape index (κ2) is 6.27. The summed E-state index contributed by atoms with van der Waals surface area (Å²) in [4.78, 5) is 4.56. The monoisotopic (exact) mass is 327 g/mol. The summed E-state index contributed by atoms with van der Waals surface area (Å²) in [6, 6.07) is 9.04. The molecule has 1 aliphatic heterocycles. The fraction of sp³-hybridized carbons (Fsp3) is 0.357. The third-order valence-electron chi connectivity index (χ3n) is 3.78. The van der Waals surface area contributed by atoms with Crippen molar-refractivity contribution < 1.29 is 8.42 Å². The highest BCUT2D eigenvalue weighted by Crippen LogP contribution is 2.26. The van der Waals surface area contributed by atoms with Crippen LogP contribution in [0.5, 0.6) is 0 Å². The summed E-state index contributed by atoms with van der Waals surface area (Å²) in [5.41, 5.74) is 0.706. The molecule has 0 radical (unpaired) electrons. The van der Waals surface area contributed by atoms with Crippen LogP contribution in [0.4, 0.5) is 0 Å². The van der Waals surface area contributed by atoms with Gasteiger partial charge in [0.2, 0.25) is 10.0 Å². The van der Waals surface area contributed by atoms with Crippen molar-refractivity contribution in [3.63, 3.8) is 0 Å². The lowest BCUT2D eigenvalue weighted by molar-refractivity contribution is 0.465. The molecule has 1 saturated heterocycles.